The molecule has 0 spiro atoms. The first-order valence-corrected chi connectivity index (χ1v) is 9.72. The number of nitrogens with zero attached hydrogens (tertiary/aromatic N) is 3. The highest BCUT2D eigenvalue weighted by Gasteiger charge is 2.35. The van der Waals surface area contributed by atoms with Gasteiger partial charge in [0.05, 0.1) is 5.56 Å². The second-order valence-corrected chi connectivity index (χ2v) is 7.41. The van der Waals surface area contributed by atoms with Gasteiger partial charge in [0.15, 0.2) is 0 Å². The Morgan fingerprint density at radius 2 is 1.93 bits per heavy atom. The summed E-state index contributed by atoms with van der Waals surface area (Å²) in [5.74, 6) is 0.248. The molecular formula is C22H20F3N3O2. The Kier molecular flexibility index (Phi) is 5.32. The van der Waals surface area contributed by atoms with Crippen LogP contribution >= 0.6 is 0 Å². The highest BCUT2D eigenvalue weighted by molar-refractivity contribution is 5.94. The lowest BCUT2D eigenvalue weighted by Crippen LogP contribution is -2.38. The zero-order valence-electron chi connectivity index (χ0n) is 16.3. The molecule has 1 fully saturated rings. The smallest absolute Gasteiger partial charge is 0.337 e. The van der Waals surface area contributed by atoms with Crippen molar-refractivity contribution >= 4 is 5.91 Å². The molecule has 0 bridgehead atoms. The monoisotopic (exact) mass is 415 g/mol. The molecule has 1 atom stereocenters. The number of aromatic nitrogens is 2. The number of rotatable bonds is 3. The molecule has 2 heterocycles. The van der Waals surface area contributed by atoms with Crippen LogP contribution in [-0.4, -0.2) is 27.5 Å². The van der Waals surface area contributed by atoms with Gasteiger partial charge in [-0.2, -0.15) is 18.2 Å². The summed E-state index contributed by atoms with van der Waals surface area (Å²) in [6.07, 6.45) is -2.27. The Balaban J connectivity index is 1.62. The Labute approximate surface area is 171 Å². The Hall–Kier alpha value is -3.16. The van der Waals surface area contributed by atoms with Gasteiger partial charge in [-0.25, -0.2) is 0 Å². The van der Waals surface area contributed by atoms with Gasteiger partial charge in [0.2, 0.25) is 11.7 Å². The van der Waals surface area contributed by atoms with Gasteiger partial charge < -0.3 is 9.42 Å². The quantitative estimate of drug-likeness (QED) is 0.572. The predicted octanol–water partition coefficient (Wildman–Crippen LogP) is 5.43. The first-order chi connectivity index (χ1) is 14.3. The number of aryl methyl sites for hydroxylation is 1. The van der Waals surface area contributed by atoms with Crippen LogP contribution in [0.2, 0.25) is 0 Å². The number of piperidine rings is 1. The maximum absolute atomic E-state index is 13.1. The average Bonchev–Trinajstić information content (AvgIpc) is 3.23. The van der Waals surface area contributed by atoms with Crippen LogP contribution in [0.3, 0.4) is 0 Å². The molecule has 1 aromatic heterocycles. The van der Waals surface area contributed by atoms with E-state index >= 15 is 0 Å². The van der Waals surface area contributed by atoms with Crippen molar-refractivity contribution in [3.63, 3.8) is 0 Å². The lowest BCUT2D eigenvalue weighted by atomic mass is 10.00. The SMILES string of the molecule is Cc1cccc(-c2noc([C@@H]3CCCCN3C(=O)c3cccc(C(F)(F)F)c3)n2)c1. The summed E-state index contributed by atoms with van der Waals surface area (Å²) in [6, 6.07) is 11.7. The maximum atomic E-state index is 13.1. The minimum absolute atomic E-state index is 0.00449. The number of amides is 1. The van der Waals surface area contributed by atoms with Gasteiger partial charge in [0.1, 0.15) is 6.04 Å². The van der Waals surface area contributed by atoms with Crippen molar-refractivity contribution in [3.05, 3.63) is 71.1 Å². The molecule has 0 aliphatic carbocycles. The molecule has 0 unspecified atom stereocenters. The van der Waals surface area contributed by atoms with E-state index in [2.05, 4.69) is 10.1 Å². The predicted molar refractivity (Wildman–Crippen MR) is 104 cm³/mol. The Morgan fingerprint density at radius 1 is 1.13 bits per heavy atom. The van der Waals surface area contributed by atoms with E-state index in [0.29, 0.717) is 24.7 Å². The van der Waals surface area contributed by atoms with Crippen LogP contribution in [0.1, 0.15) is 52.7 Å². The van der Waals surface area contributed by atoms with Crippen molar-refractivity contribution in [2.24, 2.45) is 0 Å². The zero-order valence-corrected chi connectivity index (χ0v) is 16.3. The van der Waals surface area contributed by atoms with Gasteiger partial charge in [-0.3, -0.25) is 4.79 Å². The lowest BCUT2D eigenvalue weighted by molar-refractivity contribution is -0.137. The van der Waals surface area contributed by atoms with E-state index in [9.17, 15) is 18.0 Å². The standard InChI is InChI=1S/C22H20F3N3O2/c1-14-6-4-7-15(12-14)19-26-20(30-27-19)18-10-2-3-11-28(18)21(29)16-8-5-9-17(13-16)22(23,24)25/h4-9,12-13,18H,2-3,10-11H2,1H3/t18-/m0/s1. The van der Waals surface area contributed by atoms with Crippen LogP contribution in [0, 0.1) is 6.92 Å². The van der Waals surface area contributed by atoms with Crippen molar-refractivity contribution in [1.82, 2.24) is 15.0 Å². The minimum atomic E-state index is -4.51. The van der Waals surface area contributed by atoms with Crippen molar-refractivity contribution < 1.29 is 22.5 Å². The summed E-state index contributed by atoms with van der Waals surface area (Å²) in [7, 11) is 0. The third-order valence-electron chi connectivity index (χ3n) is 5.20. The van der Waals surface area contributed by atoms with Crippen LogP contribution in [0.5, 0.6) is 0 Å². The number of likely N-dealkylation sites (tertiary alicyclic amines) is 1. The van der Waals surface area contributed by atoms with Gasteiger partial charge in [-0.1, -0.05) is 35.0 Å². The minimum Gasteiger partial charge on any atom is -0.337 e. The summed E-state index contributed by atoms with van der Waals surface area (Å²) in [6.45, 7) is 2.38. The molecule has 156 valence electrons. The van der Waals surface area contributed by atoms with Gasteiger partial charge in [0, 0.05) is 17.7 Å². The van der Waals surface area contributed by atoms with Crippen LogP contribution in [0.15, 0.2) is 53.1 Å². The van der Waals surface area contributed by atoms with E-state index in [0.717, 1.165) is 36.1 Å². The van der Waals surface area contributed by atoms with E-state index in [1.54, 1.807) is 0 Å². The first-order valence-electron chi connectivity index (χ1n) is 9.72. The molecule has 4 rings (SSSR count). The maximum Gasteiger partial charge on any atom is 0.416 e. The normalized spacial score (nSPS) is 17.2. The number of benzene rings is 2. The van der Waals surface area contributed by atoms with Crippen LogP contribution < -0.4 is 0 Å². The number of carbonyl (C=O) groups excluding carboxylic acids is 1. The number of hydrogen-bond acceptors (Lipinski definition) is 4. The van der Waals surface area contributed by atoms with E-state index < -0.39 is 23.7 Å². The summed E-state index contributed by atoms with van der Waals surface area (Å²) in [5, 5.41) is 4.04. The molecule has 0 radical (unpaired) electrons. The highest BCUT2D eigenvalue weighted by atomic mass is 19.4. The third-order valence-corrected chi connectivity index (χ3v) is 5.20. The highest BCUT2D eigenvalue weighted by Crippen LogP contribution is 2.34. The molecular weight excluding hydrogens is 395 g/mol. The van der Waals surface area contributed by atoms with Crippen molar-refractivity contribution in [2.45, 2.75) is 38.4 Å². The van der Waals surface area contributed by atoms with Crippen LogP contribution in [0.4, 0.5) is 13.2 Å². The first kappa shape index (κ1) is 20.1. The molecule has 30 heavy (non-hydrogen) atoms. The van der Waals surface area contributed by atoms with E-state index in [1.807, 2.05) is 31.2 Å². The molecule has 0 saturated carbocycles. The summed E-state index contributed by atoms with van der Waals surface area (Å²) >= 11 is 0. The second-order valence-electron chi connectivity index (χ2n) is 7.41. The topological polar surface area (TPSA) is 59.2 Å². The number of halogens is 3. The van der Waals surface area contributed by atoms with Crippen LogP contribution in [-0.2, 0) is 6.18 Å². The molecule has 3 aromatic rings. The summed E-state index contributed by atoms with van der Waals surface area (Å²) in [5.41, 5.74) is 1.01. The second kappa shape index (κ2) is 7.93. The molecule has 1 aliphatic rings. The molecule has 2 aromatic carbocycles. The number of hydrogen-bond donors (Lipinski definition) is 0. The third kappa shape index (κ3) is 4.08. The fraction of sp³-hybridized carbons (Fsp3) is 0.318. The summed E-state index contributed by atoms with van der Waals surface area (Å²) in [4.78, 5) is 19.1. The van der Waals surface area contributed by atoms with Crippen molar-refractivity contribution in [1.29, 1.82) is 0 Å². The molecule has 1 amide bonds. The van der Waals surface area contributed by atoms with E-state index in [-0.39, 0.29) is 5.56 Å². The largest absolute Gasteiger partial charge is 0.416 e. The number of alkyl halides is 3. The molecule has 0 N–H and O–H groups in total. The lowest BCUT2D eigenvalue weighted by Gasteiger charge is -2.33. The molecule has 5 nitrogen and oxygen atoms in total. The average molecular weight is 415 g/mol. The van der Waals surface area contributed by atoms with Gasteiger partial charge >= 0.3 is 6.18 Å². The molecule has 1 aliphatic heterocycles. The van der Waals surface area contributed by atoms with Gasteiger partial charge in [-0.05, 0) is 50.5 Å². The Morgan fingerprint density at radius 3 is 2.70 bits per heavy atom. The zero-order chi connectivity index (χ0) is 21.3. The summed E-state index contributed by atoms with van der Waals surface area (Å²) < 4.78 is 44.6. The Bertz CT molecular complexity index is 1060. The molecule has 8 heteroatoms. The fourth-order valence-corrected chi connectivity index (χ4v) is 3.70. The van der Waals surface area contributed by atoms with Crippen LogP contribution in [0.25, 0.3) is 11.4 Å². The van der Waals surface area contributed by atoms with Gasteiger partial charge in [-0.15, -0.1) is 0 Å². The fourth-order valence-electron chi connectivity index (χ4n) is 3.70. The molecule has 1 saturated heterocycles. The van der Waals surface area contributed by atoms with E-state index in [1.165, 1.54) is 17.0 Å². The van der Waals surface area contributed by atoms with Crippen molar-refractivity contribution in [3.8, 4) is 11.4 Å². The van der Waals surface area contributed by atoms with Crippen molar-refractivity contribution in [2.75, 3.05) is 6.54 Å². The number of carbonyl (C=O) groups is 1. The van der Waals surface area contributed by atoms with Gasteiger partial charge in [0.25, 0.3) is 5.91 Å². The van der Waals surface area contributed by atoms with E-state index in [4.69, 9.17) is 4.52 Å².